The standard InChI is InChI=1S/C12H23NO4/c14-10(8-12(15)16)9-13-6-7-17-11-4-2-1-3-5-11/h10-11,13-14H,1-9H2,(H,15,16). The molecule has 1 aliphatic carbocycles. The van der Waals surface area contributed by atoms with Gasteiger partial charge < -0.3 is 20.3 Å². The Labute approximate surface area is 102 Å². The van der Waals surface area contributed by atoms with E-state index in [2.05, 4.69) is 5.32 Å². The van der Waals surface area contributed by atoms with E-state index < -0.39 is 12.1 Å². The quantitative estimate of drug-likeness (QED) is 0.550. The van der Waals surface area contributed by atoms with Gasteiger partial charge in [0.25, 0.3) is 0 Å². The molecule has 5 nitrogen and oxygen atoms in total. The van der Waals surface area contributed by atoms with Crippen LogP contribution in [0, 0.1) is 0 Å². The van der Waals surface area contributed by atoms with Gasteiger partial charge in [0.05, 0.1) is 25.2 Å². The molecule has 3 N–H and O–H groups in total. The number of aliphatic carboxylic acids is 1. The maximum atomic E-state index is 10.3. The van der Waals surface area contributed by atoms with Gasteiger partial charge in [-0.05, 0) is 12.8 Å². The van der Waals surface area contributed by atoms with Gasteiger partial charge in [-0.3, -0.25) is 4.79 Å². The minimum Gasteiger partial charge on any atom is -0.481 e. The summed E-state index contributed by atoms with van der Waals surface area (Å²) in [6.45, 7) is 1.60. The first-order valence-corrected chi connectivity index (χ1v) is 6.40. The summed E-state index contributed by atoms with van der Waals surface area (Å²) < 4.78 is 5.69. The van der Waals surface area contributed by atoms with Crippen molar-refractivity contribution >= 4 is 5.97 Å². The Hall–Kier alpha value is -0.650. The van der Waals surface area contributed by atoms with Crippen LogP contribution in [0.2, 0.25) is 0 Å². The monoisotopic (exact) mass is 245 g/mol. The fraction of sp³-hybridized carbons (Fsp3) is 0.917. The molecule has 100 valence electrons. The van der Waals surface area contributed by atoms with E-state index >= 15 is 0 Å². The topological polar surface area (TPSA) is 78.8 Å². The molecule has 0 aromatic heterocycles. The van der Waals surface area contributed by atoms with Crippen LogP contribution in [0.15, 0.2) is 0 Å². The van der Waals surface area contributed by atoms with E-state index in [-0.39, 0.29) is 6.42 Å². The predicted octanol–water partition coefficient (Wildman–Crippen LogP) is 0.761. The number of ether oxygens (including phenoxy) is 1. The van der Waals surface area contributed by atoms with Gasteiger partial charge in [0.1, 0.15) is 0 Å². The number of hydrogen-bond donors (Lipinski definition) is 3. The number of carboxylic acid groups (broad SMARTS) is 1. The van der Waals surface area contributed by atoms with Crippen LogP contribution in [0.3, 0.4) is 0 Å². The summed E-state index contributed by atoms with van der Waals surface area (Å²) in [6, 6.07) is 0. The molecule has 0 amide bonds. The number of hydrogen-bond acceptors (Lipinski definition) is 4. The van der Waals surface area contributed by atoms with Crippen molar-refractivity contribution in [3.63, 3.8) is 0 Å². The Morgan fingerprint density at radius 3 is 2.71 bits per heavy atom. The van der Waals surface area contributed by atoms with Gasteiger partial charge in [-0.2, -0.15) is 0 Å². The van der Waals surface area contributed by atoms with Crippen LogP contribution in [0.4, 0.5) is 0 Å². The fourth-order valence-corrected chi connectivity index (χ4v) is 2.07. The molecular formula is C12H23NO4. The van der Waals surface area contributed by atoms with E-state index in [1.807, 2.05) is 0 Å². The zero-order valence-electron chi connectivity index (χ0n) is 10.2. The van der Waals surface area contributed by atoms with Crippen LogP contribution in [0.5, 0.6) is 0 Å². The average molecular weight is 245 g/mol. The summed E-state index contributed by atoms with van der Waals surface area (Å²) in [5, 5.41) is 20.7. The van der Waals surface area contributed by atoms with Crippen molar-refractivity contribution in [2.45, 2.75) is 50.7 Å². The molecule has 17 heavy (non-hydrogen) atoms. The van der Waals surface area contributed by atoms with Crippen LogP contribution in [0.1, 0.15) is 38.5 Å². The molecule has 1 fully saturated rings. The van der Waals surface area contributed by atoms with Gasteiger partial charge in [-0.25, -0.2) is 0 Å². The highest BCUT2D eigenvalue weighted by molar-refractivity contribution is 5.67. The summed E-state index contributed by atoms with van der Waals surface area (Å²) in [6.07, 6.45) is 5.51. The number of aliphatic hydroxyl groups excluding tert-OH is 1. The van der Waals surface area contributed by atoms with Crippen LogP contribution in [0.25, 0.3) is 0 Å². The van der Waals surface area contributed by atoms with Gasteiger partial charge in [0.2, 0.25) is 0 Å². The first-order chi connectivity index (χ1) is 8.18. The number of aliphatic hydroxyl groups is 1. The van der Waals surface area contributed by atoms with Gasteiger partial charge in [0.15, 0.2) is 0 Å². The molecule has 0 aromatic rings. The smallest absolute Gasteiger partial charge is 0.306 e. The van der Waals surface area contributed by atoms with Crippen LogP contribution >= 0.6 is 0 Å². The second kappa shape index (κ2) is 8.44. The third-order valence-corrected chi connectivity index (χ3v) is 2.97. The lowest BCUT2D eigenvalue weighted by Crippen LogP contribution is -2.32. The molecule has 0 saturated heterocycles. The van der Waals surface area contributed by atoms with Crippen LogP contribution in [-0.4, -0.2) is 48.1 Å². The highest BCUT2D eigenvalue weighted by atomic mass is 16.5. The predicted molar refractivity (Wildman–Crippen MR) is 64.0 cm³/mol. The Morgan fingerprint density at radius 1 is 1.35 bits per heavy atom. The zero-order chi connectivity index (χ0) is 12.5. The highest BCUT2D eigenvalue weighted by Gasteiger charge is 2.13. The Bertz CT molecular complexity index is 217. The number of carboxylic acids is 1. The molecule has 1 atom stereocenters. The van der Waals surface area contributed by atoms with Crippen molar-refractivity contribution in [3.05, 3.63) is 0 Å². The van der Waals surface area contributed by atoms with Crippen LogP contribution < -0.4 is 5.32 Å². The lowest BCUT2D eigenvalue weighted by molar-refractivity contribution is -0.139. The van der Waals surface area contributed by atoms with Crippen LogP contribution in [-0.2, 0) is 9.53 Å². The maximum absolute atomic E-state index is 10.3. The molecule has 1 unspecified atom stereocenters. The largest absolute Gasteiger partial charge is 0.481 e. The van der Waals surface area contributed by atoms with Crippen molar-refractivity contribution in [1.29, 1.82) is 0 Å². The zero-order valence-corrected chi connectivity index (χ0v) is 10.2. The Kier molecular flexibility index (Phi) is 7.16. The van der Waals surface area contributed by atoms with Crippen molar-refractivity contribution < 1.29 is 19.7 Å². The number of rotatable bonds is 8. The van der Waals surface area contributed by atoms with Gasteiger partial charge in [0, 0.05) is 13.1 Å². The lowest BCUT2D eigenvalue weighted by atomic mass is 9.98. The molecule has 1 saturated carbocycles. The summed E-state index contributed by atoms with van der Waals surface area (Å²) >= 11 is 0. The van der Waals surface area contributed by atoms with E-state index in [1.165, 1.54) is 19.3 Å². The van der Waals surface area contributed by atoms with Crippen molar-refractivity contribution in [2.24, 2.45) is 0 Å². The Balaban J connectivity index is 1.91. The third kappa shape index (κ3) is 7.31. The first-order valence-electron chi connectivity index (χ1n) is 6.40. The molecule has 0 aromatic carbocycles. The molecule has 0 bridgehead atoms. The summed E-state index contributed by atoms with van der Waals surface area (Å²) in [4.78, 5) is 10.3. The molecular weight excluding hydrogens is 222 g/mol. The summed E-state index contributed by atoms with van der Waals surface area (Å²) in [7, 11) is 0. The normalized spacial score (nSPS) is 19.1. The molecule has 0 aliphatic heterocycles. The second-order valence-electron chi connectivity index (χ2n) is 4.59. The van der Waals surface area contributed by atoms with Gasteiger partial charge in [-0.15, -0.1) is 0 Å². The lowest BCUT2D eigenvalue weighted by Gasteiger charge is -2.22. The average Bonchev–Trinajstić information content (AvgIpc) is 2.29. The van der Waals surface area contributed by atoms with E-state index in [4.69, 9.17) is 9.84 Å². The van der Waals surface area contributed by atoms with E-state index in [9.17, 15) is 9.90 Å². The summed E-state index contributed by atoms with van der Waals surface area (Å²) in [5.41, 5.74) is 0. The Morgan fingerprint density at radius 2 is 2.06 bits per heavy atom. The molecule has 1 rings (SSSR count). The van der Waals surface area contributed by atoms with Crippen molar-refractivity contribution in [2.75, 3.05) is 19.7 Å². The van der Waals surface area contributed by atoms with E-state index in [0.717, 1.165) is 12.8 Å². The minimum absolute atomic E-state index is 0.212. The molecule has 0 radical (unpaired) electrons. The fourth-order valence-electron chi connectivity index (χ4n) is 2.07. The SMILES string of the molecule is O=C(O)CC(O)CNCCOC1CCCCC1. The van der Waals surface area contributed by atoms with Gasteiger partial charge in [-0.1, -0.05) is 19.3 Å². The first kappa shape index (κ1) is 14.4. The highest BCUT2D eigenvalue weighted by Crippen LogP contribution is 2.19. The molecule has 5 heteroatoms. The van der Waals surface area contributed by atoms with Crippen molar-refractivity contribution in [1.82, 2.24) is 5.32 Å². The maximum Gasteiger partial charge on any atom is 0.306 e. The summed E-state index contributed by atoms with van der Waals surface area (Å²) in [5.74, 6) is -0.974. The molecule has 0 heterocycles. The molecule has 1 aliphatic rings. The molecule has 0 spiro atoms. The number of nitrogens with one attached hydrogen (secondary N) is 1. The van der Waals surface area contributed by atoms with Gasteiger partial charge >= 0.3 is 5.97 Å². The van der Waals surface area contributed by atoms with E-state index in [1.54, 1.807) is 0 Å². The van der Waals surface area contributed by atoms with Crippen molar-refractivity contribution in [3.8, 4) is 0 Å². The number of carbonyl (C=O) groups is 1. The van der Waals surface area contributed by atoms with E-state index in [0.29, 0.717) is 25.8 Å². The third-order valence-electron chi connectivity index (χ3n) is 2.97. The second-order valence-corrected chi connectivity index (χ2v) is 4.59. The minimum atomic E-state index is -0.974.